The zero-order valence-electron chi connectivity index (χ0n) is 10.6. The molecule has 0 aliphatic rings. The fourth-order valence-corrected chi connectivity index (χ4v) is 1.73. The van der Waals surface area contributed by atoms with Crippen LogP contribution in [-0.4, -0.2) is 30.8 Å². The Bertz CT molecular complexity index is 434. The summed E-state index contributed by atoms with van der Waals surface area (Å²) in [6, 6.07) is 9.75. The topological polar surface area (TPSA) is 44.1 Å². The van der Waals surface area contributed by atoms with Crippen molar-refractivity contribution >= 4 is 5.78 Å². The van der Waals surface area contributed by atoms with Gasteiger partial charge in [-0.1, -0.05) is 23.8 Å². The fourth-order valence-electron chi connectivity index (χ4n) is 1.73. The van der Waals surface area contributed by atoms with Crippen LogP contribution in [0.25, 0.3) is 0 Å². The van der Waals surface area contributed by atoms with Gasteiger partial charge in [0.25, 0.3) is 0 Å². The van der Waals surface area contributed by atoms with Crippen molar-refractivity contribution in [2.24, 2.45) is 5.92 Å². The molecular weight excluding hydrogens is 212 g/mol. The van der Waals surface area contributed by atoms with Crippen LogP contribution in [0.1, 0.15) is 22.8 Å². The molecule has 1 atom stereocenters. The first-order valence-corrected chi connectivity index (χ1v) is 5.71. The Morgan fingerprint density at radius 1 is 1.53 bits per heavy atom. The van der Waals surface area contributed by atoms with E-state index >= 15 is 0 Å². The SMILES string of the molecule is Cc1cccc(C(=O)CN(C)CC(C)C#N)c1. The molecular formula is C14H18N2O. The zero-order chi connectivity index (χ0) is 12.8. The van der Waals surface area contributed by atoms with E-state index in [9.17, 15) is 4.79 Å². The highest BCUT2D eigenvalue weighted by atomic mass is 16.1. The highest BCUT2D eigenvalue weighted by molar-refractivity contribution is 5.97. The van der Waals surface area contributed by atoms with Gasteiger partial charge in [0, 0.05) is 12.1 Å². The van der Waals surface area contributed by atoms with Crippen LogP contribution in [0.3, 0.4) is 0 Å². The van der Waals surface area contributed by atoms with Gasteiger partial charge < -0.3 is 0 Å². The van der Waals surface area contributed by atoms with Crippen molar-refractivity contribution in [3.63, 3.8) is 0 Å². The summed E-state index contributed by atoms with van der Waals surface area (Å²) in [5.74, 6) is 0.0478. The van der Waals surface area contributed by atoms with Crippen molar-refractivity contribution in [3.8, 4) is 6.07 Å². The molecule has 3 heteroatoms. The molecule has 17 heavy (non-hydrogen) atoms. The number of likely N-dealkylation sites (N-methyl/N-ethyl adjacent to an activating group) is 1. The van der Waals surface area contributed by atoms with E-state index in [0.717, 1.165) is 11.1 Å². The minimum atomic E-state index is -0.0506. The average molecular weight is 230 g/mol. The molecule has 1 unspecified atom stereocenters. The molecule has 3 nitrogen and oxygen atoms in total. The zero-order valence-corrected chi connectivity index (χ0v) is 10.6. The number of hydrogen-bond acceptors (Lipinski definition) is 3. The molecule has 0 radical (unpaired) electrons. The predicted octanol–water partition coefficient (Wildman–Crippen LogP) is 2.27. The number of Topliss-reactive ketones (excluding diaryl/α,β-unsaturated/α-hetero) is 1. The van der Waals surface area contributed by atoms with E-state index in [1.54, 1.807) is 0 Å². The van der Waals surface area contributed by atoms with Gasteiger partial charge in [0.15, 0.2) is 5.78 Å². The minimum absolute atomic E-state index is 0.0506. The van der Waals surface area contributed by atoms with Crippen LogP contribution < -0.4 is 0 Å². The maximum atomic E-state index is 12.0. The third-order valence-electron chi connectivity index (χ3n) is 2.56. The summed E-state index contributed by atoms with van der Waals surface area (Å²) in [6.45, 7) is 4.80. The van der Waals surface area contributed by atoms with Crippen LogP contribution >= 0.6 is 0 Å². The number of benzene rings is 1. The normalized spacial score (nSPS) is 12.2. The summed E-state index contributed by atoms with van der Waals surface area (Å²) >= 11 is 0. The second-order valence-electron chi connectivity index (χ2n) is 4.52. The molecule has 0 fully saturated rings. The molecule has 0 aliphatic carbocycles. The fraction of sp³-hybridized carbons (Fsp3) is 0.429. The largest absolute Gasteiger partial charge is 0.298 e. The van der Waals surface area contributed by atoms with Gasteiger partial charge >= 0.3 is 0 Å². The van der Waals surface area contributed by atoms with Gasteiger partial charge in [0.2, 0.25) is 0 Å². The summed E-state index contributed by atoms with van der Waals surface area (Å²) in [6.07, 6.45) is 0. The number of rotatable bonds is 5. The van der Waals surface area contributed by atoms with Crippen LogP contribution in [0.5, 0.6) is 0 Å². The number of hydrogen-bond donors (Lipinski definition) is 0. The first-order valence-electron chi connectivity index (χ1n) is 5.71. The second-order valence-corrected chi connectivity index (χ2v) is 4.52. The predicted molar refractivity (Wildman–Crippen MR) is 67.8 cm³/mol. The van der Waals surface area contributed by atoms with Crippen molar-refractivity contribution in [2.45, 2.75) is 13.8 Å². The lowest BCUT2D eigenvalue weighted by molar-refractivity contribution is 0.0942. The molecule has 1 aromatic carbocycles. The molecule has 0 spiro atoms. The lowest BCUT2D eigenvalue weighted by Crippen LogP contribution is -2.29. The van der Waals surface area contributed by atoms with E-state index in [0.29, 0.717) is 13.1 Å². The van der Waals surface area contributed by atoms with Gasteiger partial charge in [-0.15, -0.1) is 0 Å². The molecule has 0 heterocycles. The maximum Gasteiger partial charge on any atom is 0.176 e. The standard InChI is InChI=1S/C14H18N2O/c1-11-5-4-6-13(7-11)14(17)10-16(3)9-12(2)8-15/h4-7,12H,9-10H2,1-3H3. The Morgan fingerprint density at radius 2 is 2.24 bits per heavy atom. The molecule has 0 aromatic heterocycles. The molecule has 0 amide bonds. The first-order chi connectivity index (χ1) is 8.02. The van der Waals surface area contributed by atoms with Crippen molar-refractivity contribution in [3.05, 3.63) is 35.4 Å². The maximum absolute atomic E-state index is 12.0. The first kappa shape index (κ1) is 13.4. The smallest absolute Gasteiger partial charge is 0.176 e. The summed E-state index contributed by atoms with van der Waals surface area (Å²) in [7, 11) is 1.86. The lowest BCUT2D eigenvalue weighted by atomic mass is 10.1. The third kappa shape index (κ3) is 4.38. The van der Waals surface area contributed by atoms with Crippen LogP contribution in [0.2, 0.25) is 0 Å². The van der Waals surface area contributed by atoms with Crippen LogP contribution in [-0.2, 0) is 0 Å². The van der Waals surface area contributed by atoms with Crippen LogP contribution in [0.15, 0.2) is 24.3 Å². The Kier molecular flexibility index (Phi) is 4.86. The molecule has 0 saturated heterocycles. The van der Waals surface area contributed by atoms with Crippen molar-refractivity contribution in [2.75, 3.05) is 20.1 Å². The summed E-state index contributed by atoms with van der Waals surface area (Å²) < 4.78 is 0. The number of ketones is 1. The van der Waals surface area contributed by atoms with E-state index in [-0.39, 0.29) is 11.7 Å². The van der Waals surface area contributed by atoms with Crippen LogP contribution in [0.4, 0.5) is 0 Å². The minimum Gasteiger partial charge on any atom is -0.298 e. The second kappa shape index (κ2) is 6.17. The molecule has 0 aliphatic heterocycles. The Morgan fingerprint density at radius 3 is 2.82 bits per heavy atom. The molecule has 0 bridgehead atoms. The van der Waals surface area contributed by atoms with E-state index < -0.39 is 0 Å². The van der Waals surface area contributed by atoms with Gasteiger partial charge in [-0.25, -0.2) is 0 Å². The van der Waals surface area contributed by atoms with Crippen molar-refractivity contribution in [1.29, 1.82) is 5.26 Å². The Labute approximate surface area is 103 Å². The van der Waals surface area contributed by atoms with Crippen LogP contribution in [0, 0.1) is 24.2 Å². The number of nitriles is 1. The molecule has 0 saturated carbocycles. The van der Waals surface area contributed by atoms with Crippen molar-refractivity contribution in [1.82, 2.24) is 4.90 Å². The van der Waals surface area contributed by atoms with Crippen molar-refractivity contribution < 1.29 is 4.79 Å². The van der Waals surface area contributed by atoms with Gasteiger partial charge in [-0.05, 0) is 27.0 Å². The number of nitrogens with zero attached hydrogens (tertiary/aromatic N) is 2. The monoisotopic (exact) mass is 230 g/mol. The number of carbonyl (C=O) groups excluding carboxylic acids is 1. The lowest BCUT2D eigenvalue weighted by Gasteiger charge is -2.16. The third-order valence-corrected chi connectivity index (χ3v) is 2.56. The van der Waals surface area contributed by atoms with E-state index in [2.05, 4.69) is 6.07 Å². The Balaban J connectivity index is 2.58. The number of aryl methyl sites for hydroxylation is 1. The van der Waals surface area contributed by atoms with Gasteiger partial charge in [0.1, 0.15) is 0 Å². The molecule has 1 aromatic rings. The van der Waals surface area contributed by atoms with E-state index in [4.69, 9.17) is 5.26 Å². The quantitative estimate of drug-likeness (QED) is 0.729. The number of carbonyl (C=O) groups is 1. The summed E-state index contributed by atoms with van der Waals surface area (Å²) in [5.41, 5.74) is 1.82. The average Bonchev–Trinajstić information content (AvgIpc) is 2.28. The van der Waals surface area contributed by atoms with Gasteiger partial charge in [-0.3, -0.25) is 9.69 Å². The molecule has 90 valence electrons. The highest BCUT2D eigenvalue weighted by Crippen LogP contribution is 2.06. The van der Waals surface area contributed by atoms with Gasteiger partial charge in [-0.2, -0.15) is 5.26 Å². The highest BCUT2D eigenvalue weighted by Gasteiger charge is 2.11. The van der Waals surface area contributed by atoms with E-state index in [1.807, 2.05) is 50.1 Å². The Hall–Kier alpha value is -1.66. The molecule has 1 rings (SSSR count). The molecule has 0 N–H and O–H groups in total. The van der Waals surface area contributed by atoms with Gasteiger partial charge in [0.05, 0.1) is 18.5 Å². The summed E-state index contributed by atoms with van der Waals surface area (Å²) in [4.78, 5) is 13.8. The summed E-state index contributed by atoms with van der Waals surface area (Å²) in [5, 5.41) is 8.71. The van der Waals surface area contributed by atoms with E-state index in [1.165, 1.54) is 0 Å².